The van der Waals surface area contributed by atoms with Gasteiger partial charge in [0.1, 0.15) is 0 Å². The normalized spacial score (nSPS) is 18.1. The highest BCUT2D eigenvalue weighted by Gasteiger charge is 2.27. The lowest BCUT2D eigenvalue weighted by molar-refractivity contribution is -0.148. The summed E-state index contributed by atoms with van der Waals surface area (Å²) in [5.41, 5.74) is 0.355. The number of carbonyl (C=O) groups is 2. The van der Waals surface area contributed by atoms with E-state index in [4.69, 9.17) is 4.74 Å². The molecular weight excluding hydrogens is 208 g/mol. The summed E-state index contributed by atoms with van der Waals surface area (Å²) in [6.07, 6.45) is 3.09. The predicted molar refractivity (Wildman–Crippen MR) is 54.6 cm³/mol. The number of hydrogen-bond acceptors (Lipinski definition) is 4. The molecule has 5 nitrogen and oxygen atoms in total. The standard InChI is InChI=1S/C11H10N2O3/c1-2-16-11(15)8-6-7-4-3-5-12-9(7)13-10(8)14/h3-6,8H,2H2,1H3. The molecule has 0 aliphatic carbocycles. The Morgan fingerprint density at radius 2 is 2.38 bits per heavy atom. The lowest BCUT2D eigenvalue weighted by Crippen LogP contribution is -2.38. The van der Waals surface area contributed by atoms with E-state index in [1.165, 1.54) is 6.08 Å². The van der Waals surface area contributed by atoms with Crippen molar-refractivity contribution in [3.63, 3.8) is 0 Å². The van der Waals surface area contributed by atoms with Crippen LogP contribution in [0.5, 0.6) is 0 Å². The summed E-state index contributed by atoms with van der Waals surface area (Å²) in [4.78, 5) is 30.7. The number of pyridine rings is 1. The molecule has 0 N–H and O–H groups in total. The molecule has 0 fully saturated rings. The molecule has 2 rings (SSSR count). The monoisotopic (exact) mass is 218 g/mol. The largest absolute Gasteiger partial charge is 0.465 e. The topological polar surface area (TPSA) is 68.6 Å². The Labute approximate surface area is 91.5 Å². The molecule has 5 heteroatoms. The van der Waals surface area contributed by atoms with Gasteiger partial charge in [-0.3, -0.25) is 9.59 Å². The fourth-order valence-electron chi connectivity index (χ4n) is 1.46. The lowest BCUT2D eigenvalue weighted by Gasteiger charge is -2.10. The first-order valence-corrected chi connectivity index (χ1v) is 4.94. The summed E-state index contributed by atoms with van der Waals surface area (Å²) in [6.45, 7) is 1.94. The van der Waals surface area contributed by atoms with Crippen molar-refractivity contribution < 1.29 is 14.3 Å². The van der Waals surface area contributed by atoms with Gasteiger partial charge in [0.25, 0.3) is 5.91 Å². The van der Waals surface area contributed by atoms with E-state index in [2.05, 4.69) is 9.98 Å². The van der Waals surface area contributed by atoms with Crippen LogP contribution in [0.1, 0.15) is 6.92 Å². The summed E-state index contributed by atoms with van der Waals surface area (Å²) < 4.78 is 4.80. The van der Waals surface area contributed by atoms with Gasteiger partial charge in [-0.1, -0.05) is 0 Å². The van der Waals surface area contributed by atoms with Crippen LogP contribution in [0, 0.1) is 5.92 Å². The summed E-state index contributed by atoms with van der Waals surface area (Å²) in [7, 11) is 0. The second-order valence-corrected chi connectivity index (χ2v) is 3.26. The SMILES string of the molecule is CCOC(=O)C1C=c2cccnc2=NC1=O. The summed E-state index contributed by atoms with van der Waals surface area (Å²) in [5, 5.41) is 0.681. The van der Waals surface area contributed by atoms with Crippen molar-refractivity contribution in [2.45, 2.75) is 6.92 Å². The van der Waals surface area contributed by atoms with Gasteiger partial charge < -0.3 is 4.74 Å². The maximum Gasteiger partial charge on any atom is 0.322 e. The Balaban J connectivity index is 2.44. The molecule has 82 valence electrons. The number of carbonyl (C=O) groups excluding carboxylic acids is 2. The number of ether oxygens (including phenoxy) is 1. The zero-order chi connectivity index (χ0) is 11.5. The van der Waals surface area contributed by atoms with Crippen molar-refractivity contribution in [3.8, 4) is 0 Å². The van der Waals surface area contributed by atoms with Crippen LogP contribution in [0.3, 0.4) is 0 Å². The molecule has 1 unspecified atom stereocenters. The Morgan fingerprint density at radius 3 is 3.12 bits per heavy atom. The van der Waals surface area contributed by atoms with Gasteiger partial charge in [-0.25, -0.2) is 4.98 Å². The molecule has 1 aliphatic heterocycles. The number of fused-ring (bicyclic) bond motifs is 1. The molecule has 0 spiro atoms. The van der Waals surface area contributed by atoms with Crippen LogP contribution in [0.15, 0.2) is 23.3 Å². The van der Waals surface area contributed by atoms with Crippen LogP contribution >= 0.6 is 0 Å². The average Bonchev–Trinajstić information content (AvgIpc) is 2.28. The fourth-order valence-corrected chi connectivity index (χ4v) is 1.46. The third kappa shape index (κ3) is 1.84. The van der Waals surface area contributed by atoms with E-state index < -0.39 is 17.8 Å². The maximum absolute atomic E-state index is 11.5. The first-order valence-electron chi connectivity index (χ1n) is 4.94. The van der Waals surface area contributed by atoms with Crippen LogP contribution in [-0.2, 0) is 14.3 Å². The maximum atomic E-state index is 11.5. The van der Waals surface area contributed by atoms with Crippen LogP contribution < -0.4 is 10.7 Å². The molecule has 0 saturated heterocycles. The van der Waals surface area contributed by atoms with Crippen molar-refractivity contribution in [1.82, 2.24) is 4.98 Å². The van der Waals surface area contributed by atoms with Crippen LogP contribution in [0.25, 0.3) is 6.08 Å². The zero-order valence-corrected chi connectivity index (χ0v) is 8.71. The smallest absolute Gasteiger partial charge is 0.322 e. The Kier molecular flexibility index (Phi) is 2.76. The van der Waals surface area contributed by atoms with Crippen molar-refractivity contribution in [3.05, 3.63) is 29.0 Å². The number of hydrogen-bond donors (Lipinski definition) is 0. The van der Waals surface area contributed by atoms with E-state index in [9.17, 15) is 9.59 Å². The third-order valence-corrected chi connectivity index (χ3v) is 2.19. The Bertz CT molecular complexity index is 551. The number of nitrogens with zero attached hydrogens (tertiary/aromatic N) is 2. The number of esters is 1. The Morgan fingerprint density at radius 1 is 1.56 bits per heavy atom. The molecule has 0 saturated carbocycles. The minimum Gasteiger partial charge on any atom is -0.465 e. The molecule has 16 heavy (non-hydrogen) atoms. The molecule has 1 aliphatic rings. The zero-order valence-electron chi connectivity index (χ0n) is 8.71. The van der Waals surface area contributed by atoms with Crippen molar-refractivity contribution in [2.75, 3.05) is 6.61 Å². The van der Waals surface area contributed by atoms with E-state index in [-0.39, 0.29) is 6.61 Å². The minimum absolute atomic E-state index is 0.246. The van der Waals surface area contributed by atoms with E-state index >= 15 is 0 Å². The van der Waals surface area contributed by atoms with Gasteiger partial charge in [0.05, 0.1) is 6.61 Å². The number of rotatable bonds is 2. The highest BCUT2D eigenvalue weighted by Crippen LogP contribution is 2.06. The van der Waals surface area contributed by atoms with E-state index in [1.807, 2.05) is 0 Å². The third-order valence-electron chi connectivity index (χ3n) is 2.19. The Hall–Kier alpha value is -2.04. The van der Waals surface area contributed by atoms with Crippen molar-refractivity contribution in [1.29, 1.82) is 0 Å². The van der Waals surface area contributed by atoms with Crippen LogP contribution in [0.4, 0.5) is 0 Å². The second kappa shape index (κ2) is 4.22. The van der Waals surface area contributed by atoms with Crippen LogP contribution in [-0.4, -0.2) is 23.5 Å². The molecule has 1 atom stereocenters. The highest BCUT2D eigenvalue weighted by atomic mass is 16.5. The number of amides is 1. The van der Waals surface area contributed by atoms with Crippen LogP contribution in [0.2, 0.25) is 0 Å². The molecule has 2 heterocycles. The molecular formula is C11H10N2O3. The van der Waals surface area contributed by atoms with E-state index in [0.717, 1.165) is 0 Å². The van der Waals surface area contributed by atoms with Gasteiger partial charge in [-0.2, -0.15) is 4.99 Å². The van der Waals surface area contributed by atoms with Gasteiger partial charge >= 0.3 is 5.97 Å². The number of aromatic nitrogens is 1. The summed E-state index contributed by atoms with van der Waals surface area (Å²) >= 11 is 0. The molecule has 1 aromatic heterocycles. The summed E-state index contributed by atoms with van der Waals surface area (Å²) in [6, 6.07) is 3.48. The van der Waals surface area contributed by atoms with Crippen molar-refractivity contribution in [2.24, 2.45) is 10.9 Å². The van der Waals surface area contributed by atoms with Gasteiger partial charge in [0.15, 0.2) is 11.4 Å². The molecule has 0 radical (unpaired) electrons. The molecule has 0 bridgehead atoms. The first kappa shape index (κ1) is 10.5. The molecule has 0 aromatic carbocycles. The minimum atomic E-state index is -0.934. The van der Waals surface area contributed by atoms with E-state index in [0.29, 0.717) is 10.7 Å². The van der Waals surface area contributed by atoms with E-state index in [1.54, 1.807) is 25.3 Å². The van der Waals surface area contributed by atoms with Gasteiger partial charge in [0, 0.05) is 11.4 Å². The van der Waals surface area contributed by atoms with Crippen molar-refractivity contribution >= 4 is 18.0 Å². The second-order valence-electron chi connectivity index (χ2n) is 3.26. The van der Waals surface area contributed by atoms with Gasteiger partial charge in [-0.05, 0) is 25.1 Å². The average molecular weight is 218 g/mol. The van der Waals surface area contributed by atoms with Gasteiger partial charge in [0.2, 0.25) is 0 Å². The fraction of sp³-hybridized carbons (Fsp3) is 0.273. The predicted octanol–water partition coefficient (Wildman–Crippen LogP) is -0.799. The molecule has 1 amide bonds. The lowest BCUT2D eigenvalue weighted by atomic mass is 10.1. The first-order chi connectivity index (χ1) is 7.72. The highest BCUT2D eigenvalue weighted by molar-refractivity contribution is 6.04. The summed E-state index contributed by atoms with van der Waals surface area (Å²) in [5.74, 6) is -2.02. The van der Waals surface area contributed by atoms with Gasteiger partial charge in [-0.15, -0.1) is 0 Å². The quantitative estimate of drug-likeness (QED) is 0.481. The molecule has 1 aromatic rings.